The molecule has 0 bridgehead atoms. The van der Waals surface area contributed by atoms with Gasteiger partial charge in [-0.05, 0) is 56.0 Å². The fourth-order valence-corrected chi connectivity index (χ4v) is 6.32. The van der Waals surface area contributed by atoms with Gasteiger partial charge in [0.2, 0.25) is 0 Å². The zero-order chi connectivity index (χ0) is 32.3. The van der Waals surface area contributed by atoms with Crippen LogP contribution in [0, 0.1) is 0 Å². The zero-order valence-electron chi connectivity index (χ0n) is 28.1. The van der Waals surface area contributed by atoms with Crippen molar-refractivity contribution in [1.82, 2.24) is 10.6 Å². The summed E-state index contributed by atoms with van der Waals surface area (Å²) in [6.07, 6.45) is 3.46. The van der Waals surface area contributed by atoms with Crippen LogP contribution in [0.1, 0.15) is 117 Å². The van der Waals surface area contributed by atoms with Crippen LogP contribution < -0.4 is 10.6 Å². The minimum absolute atomic E-state index is 0.0589. The maximum Gasteiger partial charge on any atom is 0.258 e. The number of amides is 2. The molecule has 0 unspecified atom stereocenters. The first kappa shape index (κ1) is 30.0. The predicted octanol–water partition coefficient (Wildman–Crippen LogP) is 8.75. The summed E-state index contributed by atoms with van der Waals surface area (Å²) in [5.74, 6) is 0.277. The first-order valence-corrected chi connectivity index (χ1v) is 15.4. The maximum absolute atomic E-state index is 13.7. The van der Waals surface area contributed by atoms with E-state index in [0.717, 1.165) is 32.7 Å². The highest BCUT2D eigenvalue weighted by Crippen LogP contribution is 2.46. The third-order valence-corrected chi connectivity index (χ3v) is 8.88. The van der Waals surface area contributed by atoms with E-state index in [9.17, 15) is 9.59 Å². The van der Waals surface area contributed by atoms with Gasteiger partial charge in [0, 0.05) is 21.5 Å². The maximum atomic E-state index is 13.7. The van der Waals surface area contributed by atoms with Crippen molar-refractivity contribution < 1.29 is 18.4 Å². The lowest BCUT2D eigenvalue weighted by Crippen LogP contribution is -2.22. The summed E-state index contributed by atoms with van der Waals surface area (Å²) in [5, 5.41) is 9.71. The number of benzene rings is 2. The molecule has 0 saturated carbocycles. The zero-order valence-corrected chi connectivity index (χ0v) is 28.1. The van der Waals surface area contributed by atoms with E-state index in [1.165, 1.54) is 11.1 Å². The molecule has 2 aromatic heterocycles. The molecule has 0 radical (unpaired) electrons. The van der Waals surface area contributed by atoms with Crippen molar-refractivity contribution in [3.8, 4) is 0 Å². The molecule has 2 aromatic carbocycles. The smallest absolute Gasteiger partial charge is 0.258 e. The van der Waals surface area contributed by atoms with Gasteiger partial charge in [0.05, 0.1) is 35.1 Å². The van der Waals surface area contributed by atoms with Gasteiger partial charge in [-0.25, -0.2) is 0 Å². The molecular weight excluding hydrogens is 548 g/mol. The Hall–Kier alpha value is -4.06. The van der Waals surface area contributed by atoms with Gasteiger partial charge in [0.15, 0.2) is 11.5 Å². The monoisotopic (exact) mass is 592 g/mol. The highest BCUT2D eigenvalue weighted by atomic mass is 16.3. The van der Waals surface area contributed by atoms with Gasteiger partial charge in [-0.3, -0.25) is 9.59 Å². The highest BCUT2D eigenvalue weighted by molar-refractivity contribution is 6.31. The molecule has 4 aromatic rings. The Morgan fingerprint density at radius 1 is 0.500 bits per heavy atom. The van der Waals surface area contributed by atoms with Crippen LogP contribution in [-0.4, -0.2) is 11.8 Å². The number of nitrogens with one attached hydrogen (secondary N) is 2. The van der Waals surface area contributed by atoms with Crippen LogP contribution in [0.25, 0.3) is 32.9 Å². The molecule has 6 rings (SSSR count). The van der Waals surface area contributed by atoms with Crippen LogP contribution in [0.4, 0.5) is 0 Å². The SMILES string of the molecule is CC(C)(C)c1cc(C(C)(C)C)c2c(C3=C4C(=O)NC(c5occ6cc(C(C)(C)C)cc(C(C)(C)C)c56)=C4C(=O)N3)occ2c1. The van der Waals surface area contributed by atoms with Crippen molar-refractivity contribution >= 4 is 44.8 Å². The number of hydrogen-bond acceptors (Lipinski definition) is 4. The van der Waals surface area contributed by atoms with Crippen molar-refractivity contribution in [3.05, 3.63) is 81.7 Å². The Morgan fingerprint density at radius 3 is 1.14 bits per heavy atom. The summed E-state index contributed by atoms with van der Waals surface area (Å²) < 4.78 is 12.4. The lowest BCUT2D eigenvalue weighted by Gasteiger charge is -2.26. The van der Waals surface area contributed by atoms with Crippen LogP contribution >= 0.6 is 0 Å². The molecular formula is C38H44N2O4. The highest BCUT2D eigenvalue weighted by Gasteiger charge is 2.44. The lowest BCUT2D eigenvalue weighted by molar-refractivity contribution is -0.117. The Kier molecular flexibility index (Phi) is 6.29. The number of furan rings is 2. The number of carbonyl (C=O) groups excluding carboxylic acids is 2. The predicted molar refractivity (Wildman–Crippen MR) is 177 cm³/mol. The van der Waals surface area contributed by atoms with Crippen LogP contribution in [-0.2, 0) is 31.2 Å². The van der Waals surface area contributed by atoms with Crippen molar-refractivity contribution in [2.24, 2.45) is 0 Å². The molecule has 0 atom stereocenters. The second kappa shape index (κ2) is 9.23. The van der Waals surface area contributed by atoms with Gasteiger partial charge in [0.25, 0.3) is 11.8 Å². The van der Waals surface area contributed by atoms with Crippen LogP contribution in [0.3, 0.4) is 0 Å². The van der Waals surface area contributed by atoms with Gasteiger partial charge in [-0.1, -0.05) is 95.2 Å². The normalized spacial score (nSPS) is 16.5. The molecule has 0 saturated heterocycles. The first-order chi connectivity index (χ1) is 20.2. The fraction of sp³-hybridized carbons (Fsp3) is 0.421. The van der Waals surface area contributed by atoms with E-state index < -0.39 is 0 Å². The summed E-state index contributed by atoms with van der Waals surface area (Å²) in [6, 6.07) is 8.75. The Bertz CT molecular complexity index is 1820. The minimum atomic E-state index is -0.357. The molecule has 0 aliphatic carbocycles. The van der Waals surface area contributed by atoms with E-state index >= 15 is 0 Å². The van der Waals surface area contributed by atoms with E-state index in [1.54, 1.807) is 12.5 Å². The molecule has 2 amide bonds. The van der Waals surface area contributed by atoms with E-state index in [4.69, 9.17) is 8.83 Å². The standard InChI is InChI=1S/C38H44N2O4/c1-35(2,3)21-13-19-17-43-31(25(19)23(15-21)37(7,8)9)29-27-28(34(42)39-29)30(40-33(27)41)32-26-20(18-44-32)14-22(36(4,5)6)16-24(26)38(10,11)12/h13-18H,1-12H3,(H,39,42)(H,40,41). The second-order valence-corrected chi connectivity index (χ2v) is 16.5. The number of fused-ring (bicyclic) bond motifs is 3. The quantitative estimate of drug-likeness (QED) is 0.244. The Morgan fingerprint density at radius 2 is 0.841 bits per heavy atom. The molecule has 0 fully saturated rings. The molecule has 4 heterocycles. The Labute approximate surface area is 260 Å². The van der Waals surface area contributed by atoms with E-state index in [1.807, 2.05) is 0 Å². The van der Waals surface area contributed by atoms with Crippen molar-refractivity contribution in [3.63, 3.8) is 0 Å². The Balaban J connectivity index is 1.61. The van der Waals surface area contributed by atoms with Crippen LogP contribution in [0.5, 0.6) is 0 Å². The minimum Gasteiger partial charge on any atom is -0.461 e. The summed E-state index contributed by atoms with van der Waals surface area (Å²) in [7, 11) is 0. The molecule has 2 aliphatic heterocycles. The third-order valence-electron chi connectivity index (χ3n) is 8.88. The van der Waals surface area contributed by atoms with Gasteiger partial charge < -0.3 is 19.5 Å². The molecule has 44 heavy (non-hydrogen) atoms. The van der Waals surface area contributed by atoms with Gasteiger partial charge in [0.1, 0.15) is 0 Å². The molecule has 6 heteroatoms. The molecule has 2 aliphatic rings. The van der Waals surface area contributed by atoms with Crippen molar-refractivity contribution in [2.45, 2.75) is 105 Å². The molecule has 0 spiro atoms. The molecule has 6 nitrogen and oxygen atoms in total. The number of hydrogen-bond donors (Lipinski definition) is 2. The lowest BCUT2D eigenvalue weighted by atomic mass is 9.78. The first-order valence-electron chi connectivity index (χ1n) is 15.4. The van der Waals surface area contributed by atoms with Gasteiger partial charge >= 0.3 is 0 Å². The third kappa shape index (κ3) is 4.61. The van der Waals surface area contributed by atoms with Gasteiger partial charge in [-0.2, -0.15) is 0 Å². The fourth-order valence-electron chi connectivity index (χ4n) is 6.32. The van der Waals surface area contributed by atoms with E-state index in [0.29, 0.717) is 22.9 Å². The summed E-state index contributed by atoms with van der Waals surface area (Å²) in [4.78, 5) is 27.5. The van der Waals surface area contributed by atoms with Crippen molar-refractivity contribution in [2.75, 3.05) is 0 Å². The number of rotatable bonds is 2. The van der Waals surface area contributed by atoms with Crippen LogP contribution in [0.2, 0.25) is 0 Å². The topological polar surface area (TPSA) is 84.5 Å². The largest absolute Gasteiger partial charge is 0.461 e. The average Bonchev–Trinajstić information content (AvgIpc) is 3.64. The van der Waals surface area contributed by atoms with Crippen LogP contribution in [0.15, 0.2) is 56.8 Å². The van der Waals surface area contributed by atoms with E-state index in [2.05, 4.69) is 118 Å². The molecule has 2 N–H and O–H groups in total. The summed E-state index contributed by atoms with van der Waals surface area (Å²) in [5.41, 5.74) is 5.42. The number of carbonyl (C=O) groups is 2. The molecule has 230 valence electrons. The van der Waals surface area contributed by atoms with Gasteiger partial charge in [-0.15, -0.1) is 0 Å². The second-order valence-electron chi connectivity index (χ2n) is 16.5. The summed E-state index contributed by atoms with van der Waals surface area (Å²) in [6.45, 7) is 26.2. The van der Waals surface area contributed by atoms with E-state index in [-0.39, 0.29) is 44.6 Å². The average molecular weight is 593 g/mol. The summed E-state index contributed by atoms with van der Waals surface area (Å²) >= 11 is 0. The van der Waals surface area contributed by atoms with Crippen molar-refractivity contribution in [1.29, 1.82) is 0 Å².